The normalized spacial score (nSPS) is 23.1. The molecule has 2 N–H and O–H groups in total. The van der Waals surface area contributed by atoms with Crippen molar-refractivity contribution in [3.05, 3.63) is 0 Å². The fourth-order valence-electron chi connectivity index (χ4n) is 2.95. The van der Waals surface area contributed by atoms with Crippen LogP contribution in [0.5, 0.6) is 0 Å². The first-order chi connectivity index (χ1) is 9.08. The van der Waals surface area contributed by atoms with Crippen LogP contribution < -0.4 is 5.73 Å². The zero-order chi connectivity index (χ0) is 13.8. The Morgan fingerprint density at radius 2 is 1.95 bits per heavy atom. The van der Waals surface area contributed by atoms with E-state index in [1.165, 1.54) is 45.2 Å². The van der Waals surface area contributed by atoms with Crippen LogP contribution >= 0.6 is 0 Å². The van der Waals surface area contributed by atoms with Crippen LogP contribution in [0.15, 0.2) is 4.99 Å². The Hall–Kier alpha value is -0.770. The molecule has 1 saturated heterocycles. The van der Waals surface area contributed by atoms with E-state index in [2.05, 4.69) is 35.7 Å². The molecule has 0 radical (unpaired) electrons. The van der Waals surface area contributed by atoms with Crippen LogP contribution in [-0.2, 0) is 0 Å². The molecule has 1 aliphatic heterocycles. The minimum Gasteiger partial charge on any atom is -0.370 e. The topological polar surface area (TPSA) is 44.9 Å². The molecule has 0 bridgehead atoms. The minimum atomic E-state index is 0.577. The summed E-state index contributed by atoms with van der Waals surface area (Å²) in [6.45, 7) is 7.94. The van der Waals surface area contributed by atoms with Gasteiger partial charge in [0.2, 0.25) is 0 Å². The van der Waals surface area contributed by atoms with Crippen LogP contribution in [0, 0.1) is 5.92 Å². The van der Waals surface area contributed by atoms with Gasteiger partial charge in [-0.2, -0.15) is 0 Å². The van der Waals surface area contributed by atoms with Gasteiger partial charge >= 0.3 is 0 Å². The largest absolute Gasteiger partial charge is 0.370 e. The SMILES string of the molecule is CC(C)CC(CN=C(N)N(C)C1CC1)N1CCCC1. The summed E-state index contributed by atoms with van der Waals surface area (Å²) in [5.41, 5.74) is 6.09. The number of rotatable bonds is 6. The molecule has 4 heteroatoms. The molecule has 110 valence electrons. The maximum Gasteiger partial charge on any atom is 0.191 e. The highest BCUT2D eigenvalue weighted by molar-refractivity contribution is 5.78. The van der Waals surface area contributed by atoms with Crippen molar-refractivity contribution < 1.29 is 0 Å². The van der Waals surface area contributed by atoms with Crippen LogP contribution in [0.2, 0.25) is 0 Å². The fourth-order valence-corrected chi connectivity index (χ4v) is 2.95. The first kappa shape index (κ1) is 14.6. The first-order valence-electron chi connectivity index (χ1n) is 7.84. The van der Waals surface area contributed by atoms with Crippen molar-refractivity contribution in [1.82, 2.24) is 9.80 Å². The molecule has 0 aromatic carbocycles. The standard InChI is InChI=1S/C15H30N4/c1-12(2)10-14(19-8-4-5-9-19)11-17-15(16)18(3)13-6-7-13/h12-14H,4-11H2,1-3H3,(H2,16,17). The van der Waals surface area contributed by atoms with Gasteiger partial charge in [-0.1, -0.05) is 13.8 Å². The lowest BCUT2D eigenvalue weighted by atomic mass is 10.0. The number of nitrogens with zero attached hydrogens (tertiary/aromatic N) is 3. The molecule has 1 saturated carbocycles. The third-order valence-electron chi connectivity index (χ3n) is 4.32. The lowest BCUT2D eigenvalue weighted by molar-refractivity contribution is 0.218. The van der Waals surface area contributed by atoms with Crippen molar-refractivity contribution in [3.63, 3.8) is 0 Å². The highest BCUT2D eigenvalue weighted by Gasteiger charge is 2.28. The Balaban J connectivity index is 1.88. The lowest BCUT2D eigenvalue weighted by Gasteiger charge is -2.28. The summed E-state index contributed by atoms with van der Waals surface area (Å²) < 4.78 is 0. The molecular weight excluding hydrogens is 236 g/mol. The number of likely N-dealkylation sites (tertiary alicyclic amines) is 1. The van der Waals surface area contributed by atoms with Crippen molar-refractivity contribution in [2.75, 3.05) is 26.7 Å². The average molecular weight is 266 g/mol. The number of hydrogen-bond acceptors (Lipinski definition) is 2. The molecule has 0 spiro atoms. The Bertz CT molecular complexity index is 303. The van der Waals surface area contributed by atoms with E-state index in [4.69, 9.17) is 5.73 Å². The number of guanidine groups is 1. The Morgan fingerprint density at radius 1 is 1.32 bits per heavy atom. The molecule has 2 rings (SSSR count). The summed E-state index contributed by atoms with van der Waals surface area (Å²) in [6, 6.07) is 1.23. The van der Waals surface area contributed by atoms with Crippen LogP contribution in [-0.4, -0.2) is 54.5 Å². The minimum absolute atomic E-state index is 0.577. The Kier molecular flexibility index (Phi) is 5.08. The molecule has 4 nitrogen and oxygen atoms in total. The van der Waals surface area contributed by atoms with Crippen molar-refractivity contribution in [1.29, 1.82) is 0 Å². The van der Waals surface area contributed by atoms with Crippen molar-refractivity contribution >= 4 is 5.96 Å². The summed E-state index contributed by atoms with van der Waals surface area (Å²) in [5, 5.41) is 0. The van der Waals surface area contributed by atoms with Crippen molar-refractivity contribution in [3.8, 4) is 0 Å². The van der Waals surface area contributed by atoms with Crippen molar-refractivity contribution in [2.24, 2.45) is 16.6 Å². The van der Waals surface area contributed by atoms with E-state index >= 15 is 0 Å². The van der Waals surface area contributed by atoms with Crippen LogP contribution in [0.1, 0.15) is 46.0 Å². The molecule has 0 aromatic rings. The van der Waals surface area contributed by atoms with Crippen LogP contribution in [0.25, 0.3) is 0 Å². The molecule has 2 aliphatic rings. The van der Waals surface area contributed by atoms with E-state index in [0.717, 1.165) is 18.4 Å². The zero-order valence-electron chi connectivity index (χ0n) is 12.8. The lowest BCUT2D eigenvalue weighted by Crippen LogP contribution is -2.39. The third kappa shape index (κ3) is 4.37. The second-order valence-corrected chi connectivity index (χ2v) is 6.57. The fraction of sp³-hybridized carbons (Fsp3) is 0.933. The monoisotopic (exact) mass is 266 g/mol. The molecule has 1 unspecified atom stereocenters. The number of aliphatic imine (C=N–C) groups is 1. The number of hydrogen-bond donors (Lipinski definition) is 1. The Labute approximate surface area is 118 Å². The molecule has 19 heavy (non-hydrogen) atoms. The van der Waals surface area contributed by atoms with Gasteiger partial charge in [0.25, 0.3) is 0 Å². The molecule has 1 aliphatic carbocycles. The van der Waals surface area contributed by atoms with E-state index in [1.807, 2.05) is 0 Å². The highest BCUT2D eigenvalue weighted by atomic mass is 15.3. The van der Waals surface area contributed by atoms with E-state index < -0.39 is 0 Å². The predicted octanol–water partition coefficient (Wildman–Crippen LogP) is 1.91. The average Bonchev–Trinajstić information content (AvgIpc) is 3.08. The van der Waals surface area contributed by atoms with E-state index in [-0.39, 0.29) is 0 Å². The smallest absolute Gasteiger partial charge is 0.191 e. The molecule has 1 heterocycles. The summed E-state index contributed by atoms with van der Waals surface area (Å²) in [4.78, 5) is 9.42. The second kappa shape index (κ2) is 6.60. The molecule has 0 aromatic heterocycles. The van der Waals surface area contributed by atoms with Gasteiger partial charge < -0.3 is 10.6 Å². The molecular formula is C15H30N4. The summed E-state index contributed by atoms with van der Waals surface area (Å²) in [5.74, 6) is 1.46. The Morgan fingerprint density at radius 3 is 2.47 bits per heavy atom. The second-order valence-electron chi connectivity index (χ2n) is 6.57. The summed E-state index contributed by atoms with van der Waals surface area (Å²) >= 11 is 0. The van der Waals surface area contributed by atoms with E-state index in [1.54, 1.807) is 0 Å². The van der Waals surface area contributed by atoms with Crippen LogP contribution in [0.3, 0.4) is 0 Å². The maximum atomic E-state index is 6.09. The van der Waals surface area contributed by atoms with Gasteiger partial charge in [-0.25, -0.2) is 0 Å². The zero-order valence-corrected chi connectivity index (χ0v) is 12.8. The molecule has 1 atom stereocenters. The molecule has 0 amide bonds. The predicted molar refractivity (Wildman–Crippen MR) is 81.3 cm³/mol. The van der Waals surface area contributed by atoms with Gasteiger partial charge in [0, 0.05) is 19.1 Å². The van der Waals surface area contributed by atoms with Gasteiger partial charge in [0.1, 0.15) is 0 Å². The van der Waals surface area contributed by atoms with Gasteiger partial charge in [0.15, 0.2) is 5.96 Å². The van der Waals surface area contributed by atoms with Gasteiger partial charge in [0.05, 0.1) is 6.54 Å². The maximum absolute atomic E-state index is 6.09. The first-order valence-corrected chi connectivity index (χ1v) is 7.84. The summed E-state index contributed by atoms with van der Waals surface area (Å²) in [6.07, 6.45) is 6.46. The summed E-state index contributed by atoms with van der Waals surface area (Å²) in [7, 11) is 2.07. The van der Waals surface area contributed by atoms with Crippen LogP contribution in [0.4, 0.5) is 0 Å². The molecule has 2 fully saturated rings. The van der Waals surface area contributed by atoms with E-state index in [0.29, 0.717) is 12.1 Å². The van der Waals surface area contributed by atoms with Gasteiger partial charge in [-0.3, -0.25) is 9.89 Å². The quantitative estimate of drug-likeness (QED) is 0.590. The van der Waals surface area contributed by atoms with Gasteiger partial charge in [-0.05, 0) is 51.1 Å². The van der Waals surface area contributed by atoms with Crippen molar-refractivity contribution in [2.45, 2.75) is 58.0 Å². The van der Waals surface area contributed by atoms with Gasteiger partial charge in [-0.15, -0.1) is 0 Å². The third-order valence-corrected chi connectivity index (χ3v) is 4.32. The van der Waals surface area contributed by atoms with E-state index in [9.17, 15) is 0 Å². The highest BCUT2D eigenvalue weighted by Crippen LogP contribution is 2.25. The number of nitrogens with two attached hydrogens (primary N) is 1.